The minimum atomic E-state index is 0. The molecule has 0 bridgehead atoms. The van der Waals surface area contributed by atoms with Crippen LogP contribution >= 0.6 is 0 Å². The van der Waals surface area contributed by atoms with E-state index < -0.39 is 0 Å². The molecule has 0 aromatic heterocycles. The maximum absolute atomic E-state index is 10.3. The zero-order valence-electron chi connectivity index (χ0n) is 20.3. The SMILES string of the molecule is [C-]1=CC=CC1.[C-]1=CC=CC1.[C-]1=CC=CC1.[C-]1=CC=CC1.[O-]c1ccccc1.[O-]c1ccccc1.[Ti+2].[Ti+2]. The van der Waals surface area contributed by atoms with E-state index in [9.17, 15) is 10.2 Å². The molecule has 180 valence electrons. The fourth-order valence-corrected chi connectivity index (χ4v) is 2.20. The van der Waals surface area contributed by atoms with Crippen LogP contribution in [0.3, 0.4) is 0 Å². The van der Waals surface area contributed by atoms with Gasteiger partial charge in [0.25, 0.3) is 0 Å². The number of hydrogen-bond donors (Lipinski definition) is 0. The van der Waals surface area contributed by atoms with Crippen molar-refractivity contribution < 1.29 is 53.6 Å². The summed E-state index contributed by atoms with van der Waals surface area (Å²) in [6, 6.07) is 16.7. The molecule has 6 rings (SSSR count). The molecule has 0 aliphatic heterocycles. The summed E-state index contributed by atoms with van der Waals surface area (Å²) in [4.78, 5) is 0. The summed E-state index contributed by atoms with van der Waals surface area (Å²) in [5.74, 6) is 0.144. The van der Waals surface area contributed by atoms with Gasteiger partial charge in [0.05, 0.1) is 0 Å². The van der Waals surface area contributed by atoms with E-state index in [1.165, 1.54) is 24.3 Å². The predicted molar refractivity (Wildman–Crippen MR) is 138 cm³/mol. The Morgan fingerprint density at radius 3 is 0.750 bits per heavy atom. The zero-order valence-corrected chi connectivity index (χ0v) is 23.5. The molecule has 2 nitrogen and oxygen atoms in total. The summed E-state index contributed by atoms with van der Waals surface area (Å²) in [5.41, 5.74) is 0. The molecule has 0 unspecified atom stereocenters. The van der Waals surface area contributed by atoms with E-state index in [0.29, 0.717) is 0 Å². The van der Waals surface area contributed by atoms with Gasteiger partial charge >= 0.3 is 43.4 Å². The molecule has 0 fully saturated rings. The van der Waals surface area contributed by atoms with E-state index in [4.69, 9.17) is 0 Å². The van der Waals surface area contributed by atoms with Crippen LogP contribution in [0.4, 0.5) is 0 Å². The van der Waals surface area contributed by atoms with Gasteiger partial charge in [-0.25, -0.2) is 48.6 Å². The molecule has 0 heterocycles. The summed E-state index contributed by atoms with van der Waals surface area (Å²) >= 11 is 0. The maximum atomic E-state index is 10.3. The van der Waals surface area contributed by atoms with Gasteiger partial charge in [0.15, 0.2) is 0 Å². The van der Waals surface area contributed by atoms with E-state index in [-0.39, 0.29) is 54.9 Å². The van der Waals surface area contributed by atoms with E-state index in [1.807, 2.05) is 60.7 Å². The van der Waals surface area contributed by atoms with Crippen molar-refractivity contribution in [2.75, 3.05) is 0 Å². The fraction of sp³-hybridized carbons (Fsp3) is 0.125. The molecule has 0 saturated heterocycles. The van der Waals surface area contributed by atoms with E-state index >= 15 is 0 Å². The number of benzene rings is 2. The Morgan fingerprint density at radius 1 is 0.417 bits per heavy atom. The number of allylic oxidation sites excluding steroid dienone is 16. The first-order chi connectivity index (χ1) is 16.8. The van der Waals surface area contributed by atoms with Gasteiger partial charge in [-0.2, -0.15) is 24.3 Å². The van der Waals surface area contributed by atoms with Gasteiger partial charge in [-0.3, -0.25) is 24.3 Å². The fourth-order valence-electron chi connectivity index (χ4n) is 2.20. The van der Waals surface area contributed by atoms with Gasteiger partial charge in [-0.1, -0.05) is 60.7 Å². The molecule has 0 atom stereocenters. The Hall–Kier alpha value is -2.61. The van der Waals surface area contributed by atoms with Crippen LogP contribution in [0.2, 0.25) is 0 Å². The van der Waals surface area contributed by atoms with Crippen LogP contribution in [-0.4, -0.2) is 0 Å². The molecule has 4 aliphatic rings. The first kappa shape index (κ1) is 35.5. The predicted octanol–water partition coefficient (Wildman–Crippen LogP) is 6.74. The van der Waals surface area contributed by atoms with Crippen LogP contribution in [0.5, 0.6) is 11.5 Å². The van der Waals surface area contributed by atoms with Crippen molar-refractivity contribution in [3.63, 3.8) is 0 Å². The molecule has 0 saturated carbocycles. The number of rotatable bonds is 0. The second kappa shape index (κ2) is 28.6. The van der Waals surface area contributed by atoms with Crippen molar-refractivity contribution in [1.29, 1.82) is 0 Å². The molecule has 2 aromatic carbocycles. The third kappa shape index (κ3) is 26.0. The van der Waals surface area contributed by atoms with E-state index in [0.717, 1.165) is 25.7 Å². The monoisotopic (exact) mass is 542 g/mol. The third-order valence-corrected chi connectivity index (χ3v) is 3.83. The quantitative estimate of drug-likeness (QED) is 0.274. The van der Waals surface area contributed by atoms with Crippen LogP contribution in [0.25, 0.3) is 0 Å². The Bertz CT molecular complexity index is 802. The van der Waals surface area contributed by atoms with Crippen molar-refractivity contribution >= 4 is 0 Å². The smallest absolute Gasteiger partial charge is 0.872 e. The molecule has 4 aliphatic carbocycles. The topological polar surface area (TPSA) is 46.1 Å². The van der Waals surface area contributed by atoms with Gasteiger partial charge in [0.2, 0.25) is 0 Å². The van der Waals surface area contributed by atoms with E-state index in [1.54, 1.807) is 24.3 Å². The number of para-hydroxylation sites is 2. The Labute approximate surface area is 247 Å². The molecule has 0 spiro atoms. The van der Waals surface area contributed by atoms with Crippen molar-refractivity contribution in [1.82, 2.24) is 0 Å². The first-order valence-electron chi connectivity index (χ1n) is 11.1. The summed E-state index contributed by atoms with van der Waals surface area (Å²) in [7, 11) is 0. The molecule has 2 aromatic rings. The summed E-state index contributed by atoms with van der Waals surface area (Å²) in [6.07, 6.45) is 40.0. The Morgan fingerprint density at radius 2 is 0.667 bits per heavy atom. The largest absolute Gasteiger partial charge is 2.00 e. The van der Waals surface area contributed by atoms with Crippen molar-refractivity contribution in [2.24, 2.45) is 0 Å². The minimum Gasteiger partial charge on any atom is -0.872 e. The molecule has 0 N–H and O–H groups in total. The standard InChI is InChI=1S/2C6H6O.4C5H5.2Ti/c2*7-6-4-2-1-3-5-6;4*1-2-4-5-3-1;;/h2*1-5,7H;4*1-3H,4H2;;/q;;4*-1;2*+2/p-2. The first-order valence-corrected chi connectivity index (χ1v) is 11.1. The van der Waals surface area contributed by atoms with E-state index in [2.05, 4.69) is 48.6 Å². The van der Waals surface area contributed by atoms with Gasteiger partial charge in [-0.15, -0.1) is 37.2 Å². The van der Waals surface area contributed by atoms with Gasteiger partial charge in [0, 0.05) is 0 Å². The second-order valence-electron chi connectivity index (χ2n) is 6.64. The second-order valence-corrected chi connectivity index (χ2v) is 6.64. The van der Waals surface area contributed by atoms with Crippen LogP contribution in [-0.2, 0) is 43.4 Å². The van der Waals surface area contributed by atoms with Gasteiger partial charge in [-0.05, 0) is 0 Å². The van der Waals surface area contributed by atoms with Crippen LogP contribution in [0, 0.1) is 24.3 Å². The molecule has 0 amide bonds. The Balaban J connectivity index is 0. The van der Waals surface area contributed by atoms with Crippen molar-refractivity contribution in [2.45, 2.75) is 25.7 Å². The van der Waals surface area contributed by atoms with Crippen LogP contribution in [0.1, 0.15) is 25.7 Å². The zero-order chi connectivity index (χ0) is 24.4. The van der Waals surface area contributed by atoms with Crippen LogP contribution in [0.15, 0.2) is 134 Å². The molecular formula is C32H30O2Ti2-2. The Kier molecular flexibility index (Phi) is 28.3. The average molecular weight is 542 g/mol. The van der Waals surface area contributed by atoms with Crippen molar-refractivity contribution in [3.05, 3.63) is 158 Å². The third-order valence-electron chi connectivity index (χ3n) is 3.83. The average Bonchev–Trinajstić information content (AvgIpc) is 3.73. The molecular weight excluding hydrogens is 512 g/mol. The van der Waals surface area contributed by atoms with Gasteiger partial charge < -0.3 is 10.2 Å². The molecule has 36 heavy (non-hydrogen) atoms. The maximum Gasteiger partial charge on any atom is 2.00 e. The minimum absolute atomic E-state index is 0. The summed E-state index contributed by atoms with van der Waals surface area (Å²) in [5, 5.41) is 20.5. The van der Waals surface area contributed by atoms with Gasteiger partial charge in [0.1, 0.15) is 0 Å². The normalized spacial score (nSPS) is 13.1. The number of hydrogen-bond acceptors (Lipinski definition) is 2. The van der Waals surface area contributed by atoms with Crippen LogP contribution < -0.4 is 10.2 Å². The summed E-state index contributed by atoms with van der Waals surface area (Å²) in [6.45, 7) is 0. The molecule has 0 radical (unpaired) electrons. The molecule has 4 heteroatoms. The summed E-state index contributed by atoms with van der Waals surface area (Å²) < 4.78 is 0. The van der Waals surface area contributed by atoms with Crippen molar-refractivity contribution in [3.8, 4) is 11.5 Å².